The van der Waals surface area contributed by atoms with Gasteiger partial charge in [-0.25, -0.2) is 0 Å². The average Bonchev–Trinajstić information content (AvgIpc) is 2.39. The van der Waals surface area contributed by atoms with Gasteiger partial charge in [0.2, 0.25) is 5.91 Å². The van der Waals surface area contributed by atoms with Gasteiger partial charge >= 0.3 is 0 Å². The van der Waals surface area contributed by atoms with Crippen molar-refractivity contribution in [3.05, 3.63) is 28.8 Å². The smallest absolute Gasteiger partial charge is 0.225 e. The van der Waals surface area contributed by atoms with Crippen LogP contribution in [0.4, 0.5) is 0 Å². The molecule has 0 saturated carbocycles. The molecule has 110 valence electrons. The number of thiocarbonyl (C=S) groups is 1. The quantitative estimate of drug-likeness (QED) is 0.786. The van der Waals surface area contributed by atoms with Gasteiger partial charge in [0.25, 0.3) is 0 Å². The Morgan fingerprint density at radius 3 is 2.80 bits per heavy atom. The molecule has 0 aliphatic heterocycles. The van der Waals surface area contributed by atoms with Gasteiger partial charge < -0.3 is 15.4 Å². The molecular weight excluding hydrogens is 296 g/mol. The Hall–Kier alpha value is -1.33. The number of rotatable bonds is 7. The second kappa shape index (κ2) is 8.07. The van der Waals surface area contributed by atoms with Crippen LogP contribution in [0.5, 0.6) is 5.75 Å². The zero-order valence-corrected chi connectivity index (χ0v) is 13.3. The summed E-state index contributed by atoms with van der Waals surface area (Å²) in [4.78, 5) is 13.8. The van der Waals surface area contributed by atoms with Crippen molar-refractivity contribution in [1.82, 2.24) is 4.90 Å². The highest BCUT2D eigenvalue weighted by molar-refractivity contribution is 7.80. The van der Waals surface area contributed by atoms with E-state index >= 15 is 0 Å². The molecule has 1 aromatic rings. The molecule has 0 fully saturated rings. The first-order valence-electron chi connectivity index (χ1n) is 6.31. The first-order valence-corrected chi connectivity index (χ1v) is 7.10. The Bertz CT molecular complexity index is 494. The van der Waals surface area contributed by atoms with Crippen LogP contribution in [-0.2, 0) is 4.79 Å². The third-order valence-electron chi connectivity index (χ3n) is 2.78. The van der Waals surface area contributed by atoms with E-state index in [1.165, 1.54) is 0 Å². The van der Waals surface area contributed by atoms with E-state index in [2.05, 4.69) is 0 Å². The molecule has 4 nitrogen and oxygen atoms in total. The van der Waals surface area contributed by atoms with Crippen molar-refractivity contribution >= 4 is 34.7 Å². The standard InChI is InChI=1S/C14H19ClN2O2S/c1-10-3-4-11(15)12(9-10)19-8-6-14(18)17(2)7-5-13(16)20/h3-4,9H,5-8H2,1-2H3,(H2,16,20). The molecule has 0 unspecified atom stereocenters. The fourth-order valence-electron chi connectivity index (χ4n) is 1.56. The third-order valence-corrected chi connectivity index (χ3v) is 3.30. The van der Waals surface area contributed by atoms with Gasteiger partial charge in [-0.15, -0.1) is 0 Å². The molecule has 0 saturated heterocycles. The first kappa shape index (κ1) is 16.7. The summed E-state index contributed by atoms with van der Waals surface area (Å²) in [6.45, 7) is 2.77. The van der Waals surface area contributed by atoms with E-state index in [-0.39, 0.29) is 12.3 Å². The molecule has 0 aliphatic rings. The van der Waals surface area contributed by atoms with Crippen molar-refractivity contribution in [3.63, 3.8) is 0 Å². The molecule has 0 radical (unpaired) electrons. The molecule has 6 heteroatoms. The molecule has 1 amide bonds. The van der Waals surface area contributed by atoms with E-state index in [0.717, 1.165) is 5.56 Å². The zero-order chi connectivity index (χ0) is 15.1. The second-order valence-electron chi connectivity index (χ2n) is 4.56. The summed E-state index contributed by atoms with van der Waals surface area (Å²) in [6.07, 6.45) is 0.820. The number of nitrogens with two attached hydrogens (primary N) is 1. The summed E-state index contributed by atoms with van der Waals surface area (Å²) in [6, 6.07) is 5.54. The Kier molecular flexibility index (Phi) is 6.75. The number of hydrogen-bond acceptors (Lipinski definition) is 3. The van der Waals surface area contributed by atoms with Gasteiger partial charge in [-0.1, -0.05) is 29.9 Å². The van der Waals surface area contributed by atoms with Gasteiger partial charge in [-0.3, -0.25) is 4.79 Å². The number of carbonyl (C=O) groups excluding carboxylic acids is 1. The van der Waals surface area contributed by atoms with E-state index in [1.54, 1.807) is 18.0 Å². The maximum absolute atomic E-state index is 11.8. The number of carbonyl (C=O) groups is 1. The highest BCUT2D eigenvalue weighted by atomic mass is 35.5. The Morgan fingerprint density at radius 2 is 2.15 bits per heavy atom. The number of hydrogen-bond donors (Lipinski definition) is 1. The van der Waals surface area contributed by atoms with E-state index in [0.29, 0.717) is 35.3 Å². The molecule has 0 aromatic heterocycles. The lowest BCUT2D eigenvalue weighted by Crippen LogP contribution is -2.30. The number of aryl methyl sites for hydroxylation is 1. The minimum absolute atomic E-state index is 0.00924. The van der Waals surface area contributed by atoms with E-state index in [9.17, 15) is 4.79 Å². The van der Waals surface area contributed by atoms with Crippen LogP contribution in [0.15, 0.2) is 18.2 Å². The number of nitrogens with zero attached hydrogens (tertiary/aromatic N) is 1. The van der Waals surface area contributed by atoms with Gasteiger partial charge in [0.1, 0.15) is 5.75 Å². The van der Waals surface area contributed by atoms with Crippen LogP contribution in [0.3, 0.4) is 0 Å². The summed E-state index contributed by atoms with van der Waals surface area (Å²) in [5, 5.41) is 0.546. The molecule has 0 atom stereocenters. The van der Waals surface area contributed by atoms with E-state index in [4.69, 9.17) is 34.3 Å². The van der Waals surface area contributed by atoms with Crippen LogP contribution in [0.25, 0.3) is 0 Å². The lowest BCUT2D eigenvalue weighted by Gasteiger charge is -2.17. The van der Waals surface area contributed by atoms with Crippen molar-refractivity contribution < 1.29 is 9.53 Å². The number of amides is 1. The first-order chi connectivity index (χ1) is 9.40. The summed E-state index contributed by atoms with van der Waals surface area (Å²) in [5.74, 6) is 0.593. The molecule has 20 heavy (non-hydrogen) atoms. The third kappa shape index (κ3) is 5.75. The van der Waals surface area contributed by atoms with Crippen LogP contribution >= 0.6 is 23.8 Å². The average molecular weight is 315 g/mol. The maximum Gasteiger partial charge on any atom is 0.225 e. The lowest BCUT2D eigenvalue weighted by molar-refractivity contribution is -0.130. The van der Waals surface area contributed by atoms with Crippen LogP contribution in [0.2, 0.25) is 5.02 Å². The number of ether oxygens (including phenoxy) is 1. The predicted octanol–water partition coefficient (Wildman–Crippen LogP) is 2.55. The van der Waals surface area contributed by atoms with Crippen molar-refractivity contribution in [3.8, 4) is 5.75 Å². The van der Waals surface area contributed by atoms with Crippen molar-refractivity contribution in [1.29, 1.82) is 0 Å². The van der Waals surface area contributed by atoms with Gasteiger partial charge in [0.05, 0.1) is 23.0 Å². The van der Waals surface area contributed by atoms with E-state index in [1.807, 2.05) is 19.1 Å². The fourth-order valence-corrected chi connectivity index (χ4v) is 1.83. The van der Waals surface area contributed by atoms with E-state index < -0.39 is 0 Å². The van der Waals surface area contributed by atoms with Crippen LogP contribution < -0.4 is 10.5 Å². The minimum atomic E-state index is -0.00924. The maximum atomic E-state index is 11.8. The normalized spacial score (nSPS) is 10.2. The SMILES string of the molecule is Cc1ccc(Cl)c(OCCC(=O)N(C)CCC(N)=S)c1. The highest BCUT2D eigenvalue weighted by Gasteiger charge is 2.09. The van der Waals surface area contributed by atoms with Crippen molar-refractivity contribution in [2.24, 2.45) is 5.73 Å². The topological polar surface area (TPSA) is 55.6 Å². The van der Waals surface area contributed by atoms with Crippen LogP contribution in [0.1, 0.15) is 18.4 Å². The van der Waals surface area contributed by atoms with Gasteiger partial charge in [0.15, 0.2) is 0 Å². The molecule has 1 aromatic carbocycles. The van der Waals surface area contributed by atoms with Crippen LogP contribution in [0, 0.1) is 6.92 Å². The van der Waals surface area contributed by atoms with Gasteiger partial charge in [0, 0.05) is 20.0 Å². The molecular formula is C14H19ClN2O2S. The van der Waals surface area contributed by atoms with Gasteiger partial charge in [-0.05, 0) is 24.6 Å². The Balaban J connectivity index is 2.38. The summed E-state index contributed by atoms with van der Waals surface area (Å²) >= 11 is 10.8. The molecule has 1 rings (SSSR count). The highest BCUT2D eigenvalue weighted by Crippen LogP contribution is 2.25. The second-order valence-corrected chi connectivity index (χ2v) is 5.50. The predicted molar refractivity (Wildman–Crippen MR) is 85.3 cm³/mol. The molecule has 2 N–H and O–H groups in total. The Labute approximate surface area is 129 Å². The number of benzene rings is 1. The zero-order valence-electron chi connectivity index (χ0n) is 11.7. The summed E-state index contributed by atoms with van der Waals surface area (Å²) < 4.78 is 5.53. The van der Waals surface area contributed by atoms with Crippen molar-refractivity contribution in [2.75, 3.05) is 20.2 Å². The monoisotopic (exact) mass is 314 g/mol. The lowest BCUT2D eigenvalue weighted by atomic mass is 10.2. The largest absolute Gasteiger partial charge is 0.491 e. The molecule has 0 heterocycles. The number of halogens is 1. The Morgan fingerprint density at radius 1 is 1.45 bits per heavy atom. The summed E-state index contributed by atoms with van der Waals surface area (Å²) in [7, 11) is 1.72. The fraction of sp³-hybridized carbons (Fsp3) is 0.429. The molecule has 0 aliphatic carbocycles. The molecule has 0 spiro atoms. The van der Waals surface area contributed by atoms with Crippen LogP contribution in [-0.4, -0.2) is 36.0 Å². The minimum Gasteiger partial charge on any atom is -0.491 e. The molecule has 0 bridgehead atoms. The summed E-state index contributed by atoms with van der Waals surface area (Å²) in [5.41, 5.74) is 6.46. The van der Waals surface area contributed by atoms with Gasteiger partial charge in [-0.2, -0.15) is 0 Å². The van der Waals surface area contributed by atoms with Crippen molar-refractivity contribution in [2.45, 2.75) is 19.8 Å².